The average Bonchev–Trinajstić information content (AvgIpc) is 2.37. The van der Waals surface area contributed by atoms with Crippen LogP contribution in [0.5, 0.6) is 0 Å². The molecule has 98 valence electrons. The third-order valence-corrected chi connectivity index (χ3v) is 3.33. The summed E-state index contributed by atoms with van der Waals surface area (Å²) in [4.78, 5) is 16.0. The van der Waals surface area contributed by atoms with Crippen molar-refractivity contribution in [1.82, 2.24) is 4.98 Å². The predicted molar refractivity (Wildman–Crippen MR) is 80.5 cm³/mol. The predicted octanol–water partition coefficient (Wildman–Crippen LogP) is 3.64. The highest BCUT2D eigenvalue weighted by atomic mass is 79.9. The van der Waals surface area contributed by atoms with E-state index in [-0.39, 0.29) is 11.1 Å². The van der Waals surface area contributed by atoms with E-state index in [4.69, 9.17) is 17.3 Å². The van der Waals surface area contributed by atoms with E-state index >= 15 is 0 Å². The van der Waals surface area contributed by atoms with Gasteiger partial charge in [-0.1, -0.05) is 17.7 Å². The van der Waals surface area contributed by atoms with Crippen LogP contribution in [0.25, 0.3) is 0 Å². The SMILES string of the molecule is Cc1ccc(C(=O)Nc2cc(Br)cnc2Cl)cc1N. The number of amides is 1. The number of benzene rings is 1. The Morgan fingerprint density at radius 3 is 2.84 bits per heavy atom. The number of nitrogen functional groups attached to an aromatic ring is 1. The largest absolute Gasteiger partial charge is 0.398 e. The van der Waals surface area contributed by atoms with Crippen LogP contribution in [0.15, 0.2) is 34.9 Å². The van der Waals surface area contributed by atoms with Gasteiger partial charge in [0.05, 0.1) is 5.69 Å². The molecule has 0 saturated carbocycles. The number of hydrogen-bond acceptors (Lipinski definition) is 3. The molecule has 0 atom stereocenters. The van der Waals surface area contributed by atoms with E-state index in [1.165, 1.54) is 0 Å². The lowest BCUT2D eigenvalue weighted by atomic mass is 10.1. The fourth-order valence-corrected chi connectivity index (χ4v) is 1.97. The number of aryl methyl sites for hydroxylation is 1. The summed E-state index contributed by atoms with van der Waals surface area (Å²) in [6.45, 7) is 1.88. The molecule has 0 unspecified atom stereocenters. The molecule has 1 heterocycles. The maximum atomic E-state index is 12.1. The lowest BCUT2D eigenvalue weighted by Gasteiger charge is -2.08. The van der Waals surface area contributed by atoms with E-state index < -0.39 is 0 Å². The Labute approximate surface area is 124 Å². The van der Waals surface area contributed by atoms with Crippen molar-refractivity contribution < 1.29 is 4.79 Å². The smallest absolute Gasteiger partial charge is 0.255 e. The van der Waals surface area contributed by atoms with Crippen LogP contribution in [-0.4, -0.2) is 10.9 Å². The monoisotopic (exact) mass is 339 g/mol. The van der Waals surface area contributed by atoms with E-state index in [0.717, 1.165) is 10.0 Å². The molecule has 0 fully saturated rings. The zero-order valence-corrected chi connectivity index (χ0v) is 12.4. The van der Waals surface area contributed by atoms with Crippen LogP contribution >= 0.6 is 27.5 Å². The third-order valence-electron chi connectivity index (χ3n) is 2.60. The summed E-state index contributed by atoms with van der Waals surface area (Å²) in [7, 11) is 0. The summed E-state index contributed by atoms with van der Waals surface area (Å²) in [6.07, 6.45) is 1.56. The molecule has 1 amide bonds. The van der Waals surface area contributed by atoms with Gasteiger partial charge in [0.1, 0.15) is 0 Å². The van der Waals surface area contributed by atoms with Crippen LogP contribution in [0.4, 0.5) is 11.4 Å². The van der Waals surface area contributed by atoms with Gasteiger partial charge in [0.15, 0.2) is 5.15 Å². The van der Waals surface area contributed by atoms with Gasteiger partial charge in [-0.05, 0) is 46.6 Å². The van der Waals surface area contributed by atoms with Crippen molar-refractivity contribution in [3.63, 3.8) is 0 Å². The van der Waals surface area contributed by atoms with Crippen molar-refractivity contribution in [2.24, 2.45) is 0 Å². The van der Waals surface area contributed by atoms with Crippen LogP contribution in [0.2, 0.25) is 5.15 Å². The molecule has 1 aromatic carbocycles. The van der Waals surface area contributed by atoms with Gasteiger partial charge < -0.3 is 11.1 Å². The number of anilines is 2. The van der Waals surface area contributed by atoms with Crippen molar-refractivity contribution in [3.05, 3.63) is 51.2 Å². The standard InChI is InChI=1S/C13H11BrClN3O/c1-7-2-3-8(4-10(7)16)13(19)18-11-5-9(14)6-17-12(11)15/h2-6H,16H2,1H3,(H,18,19). The first-order valence-corrected chi connectivity index (χ1v) is 6.63. The number of nitrogens with two attached hydrogens (primary N) is 1. The number of aromatic nitrogens is 1. The van der Waals surface area contributed by atoms with Crippen molar-refractivity contribution in [2.45, 2.75) is 6.92 Å². The topological polar surface area (TPSA) is 68.0 Å². The quantitative estimate of drug-likeness (QED) is 0.648. The second-order valence-corrected chi connectivity index (χ2v) is 5.29. The molecule has 0 radical (unpaired) electrons. The van der Waals surface area contributed by atoms with Crippen molar-refractivity contribution >= 4 is 44.8 Å². The Morgan fingerprint density at radius 2 is 2.16 bits per heavy atom. The molecule has 2 aromatic rings. The number of carbonyl (C=O) groups excluding carboxylic acids is 1. The normalized spacial score (nSPS) is 10.3. The molecule has 19 heavy (non-hydrogen) atoms. The van der Waals surface area contributed by atoms with Gasteiger partial charge in [0, 0.05) is 21.9 Å². The minimum Gasteiger partial charge on any atom is -0.398 e. The van der Waals surface area contributed by atoms with E-state index in [1.54, 1.807) is 30.5 Å². The molecule has 0 aliphatic rings. The highest BCUT2D eigenvalue weighted by Crippen LogP contribution is 2.24. The molecular formula is C13H11BrClN3O. The third kappa shape index (κ3) is 3.24. The summed E-state index contributed by atoms with van der Waals surface area (Å²) in [5.74, 6) is -0.284. The van der Waals surface area contributed by atoms with E-state index in [2.05, 4.69) is 26.2 Å². The van der Waals surface area contributed by atoms with Crippen LogP contribution in [0.1, 0.15) is 15.9 Å². The number of carbonyl (C=O) groups is 1. The maximum absolute atomic E-state index is 12.1. The molecule has 0 bridgehead atoms. The highest BCUT2D eigenvalue weighted by Gasteiger charge is 2.10. The van der Waals surface area contributed by atoms with Gasteiger partial charge in [0.25, 0.3) is 5.91 Å². The zero-order chi connectivity index (χ0) is 14.0. The first-order valence-electron chi connectivity index (χ1n) is 5.46. The number of nitrogens with one attached hydrogen (secondary N) is 1. The fourth-order valence-electron chi connectivity index (χ4n) is 1.49. The van der Waals surface area contributed by atoms with Crippen molar-refractivity contribution in [3.8, 4) is 0 Å². The van der Waals surface area contributed by atoms with E-state index in [0.29, 0.717) is 16.9 Å². The first-order chi connectivity index (χ1) is 8.97. The number of nitrogens with zero attached hydrogens (tertiary/aromatic N) is 1. The Balaban J connectivity index is 2.25. The second-order valence-electron chi connectivity index (χ2n) is 4.02. The van der Waals surface area contributed by atoms with Crippen LogP contribution in [0, 0.1) is 6.92 Å². The van der Waals surface area contributed by atoms with Crippen molar-refractivity contribution in [2.75, 3.05) is 11.1 Å². The van der Waals surface area contributed by atoms with Gasteiger partial charge in [-0.2, -0.15) is 0 Å². The Hall–Kier alpha value is -1.59. The average molecular weight is 341 g/mol. The fraction of sp³-hybridized carbons (Fsp3) is 0.0769. The molecule has 0 spiro atoms. The summed E-state index contributed by atoms with van der Waals surface area (Å²) >= 11 is 9.18. The lowest BCUT2D eigenvalue weighted by Crippen LogP contribution is -2.13. The molecular weight excluding hydrogens is 330 g/mol. The van der Waals surface area contributed by atoms with Gasteiger partial charge >= 0.3 is 0 Å². The number of hydrogen-bond donors (Lipinski definition) is 2. The van der Waals surface area contributed by atoms with Gasteiger partial charge in [0.2, 0.25) is 0 Å². The zero-order valence-electron chi connectivity index (χ0n) is 10.1. The molecule has 0 saturated heterocycles. The Morgan fingerprint density at radius 1 is 1.42 bits per heavy atom. The van der Waals surface area contributed by atoms with Crippen LogP contribution in [0.3, 0.4) is 0 Å². The molecule has 2 rings (SSSR count). The van der Waals surface area contributed by atoms with Gasteiger partial charge in [-0.25, -0.2) is 4.98 Å². The first kappa shape index (κ1) is 13.8. The van der Waals surface area contributed by atoms with Crippen LogP contribution < -0.4 is 11.1 Å². The second kappa shape index (κ2) is 5.59. The van der Waals surface area contributed by atoms with Gasteiger partial charge in [-0.3, -0.25) is 4.79 Å². The summed E-state index contributed by atoms with van der Waals surface area (Å²) in [5.41, 5.74) is 8.20. The Kier molecular flexibility index (Phi) is 4.07. The number of halogens is 2. The van der Waals surface area contributed by atoms with Gasteiger partial charge in [-0.15, -0.1) is 0 Å². The molecule has 6 heteroatoms. The summed E-state index contributed by atoms with van der Waals surface area (Å²) in [6, 6.07) is 6.82. The molecule has 0 aliphatic heterocycles. The summed E-state index contributed by atoms with van der Waals surface area (Å²) < 4.78 is 0.732. The van der Waals surface area contributed by atoms with Crippen molar-refractivity contribution in [1.29, 1.82) is 0 Å². The molecule has 1 aromatic heterocycles. The number of pyridine rings is 1. The minimum absolute atomic E-state index is 0.233. The lowest BCUT2D eigenvalue weighted by molar-refractivity contribution is 0.102. The molecule has 3 N–H and O–H groups in total. The highest BCUT2D eigenvalue weighted by molar-refractivity contribution is 9.10. The Bertz CT molecular complexity index is 646. The van der Waals surface area contributed by atoms with E-state index in [1.807, 2.05) is 6.92 Å². The molecule has 0 aliphatic carbocycles. The summed E-state index contributed by atoms with van der Waals surface area (Å²) in [5, 5.41) is 2.93. The minimum atomic E-state index is -0.284. The molecule has 4 nitrogen and oxygen atoms in total. The maximum Gasteiger partial charge on any atom is 0.255 e. The van der Waals surface area contributed by atoms with E-state index in [9.17, 15) is 4.79 Å². The number of rotatable bonds is 2. The van der Waals surface area contributed by atoms with Crippen LogP contribution in [-0.2, 0) is 0 Å².